The first-order chi connectivity index (χ1) is 11.7. The number of H-pyrrole nitrogens is 1. The lowest BCUT2D eigenvalue weighted by Gasteiger charge is -2.43. The number of carbonyl (C=O) groups is 1. The van der Waals surface area contributed by atoms with Gasteiger partial charge in [-0.3, -0.25) is 9.69 Å². The van der Waals surface area contributed by atoms with Crippen molar-refractivity contribution in [2.24, 2.45) is 5.92 Å². The Hall–Kier alpha value is -2.07. The number of hydrogen-bond donors (Lipinski definition) is 1. The maximum absolute atomic E-state index is 11.8. The van der Waals surface area contributed by atoms with E-state index < -0.39 is 0 Å². The summed E-state index contributed by atoms with van der Waals surface area (Å²) in [6.07, 6.45) is 4.74. The van der Waals surface area contributed by atoms with Crippen molar-refractivity contribution in [2.75, 3.05) is 20.2 Å². The number of ether oxygens (including phenoxy) is 1. The van der Waals surface area contributed by atoms with Gasteiger partial charge in [0.2, 0.25) is 0 Å². The molecule has 24 heavy (non-hydrogen) atoms. The Labute approximate surface area is 142 Å². The number of aromatic amines is 1. The predicted molar refractivity (Wildman–Crippen MR) is 94.8 cm³/mol. The minimum absolute atomic E-state index is 0.111. The Morgan fingerprint density at radius 3 is 3.04 bits per heavy atom. The Kier molecular flexibility index (Phi) is 3.93. The third-order valence-corrected chi connectivity index (χ3v) is 5.70. The van der Waals surface area contributed by atoms with Crippen LogP contribution in [-0.4, -0.2) is 36.1 Å². The third kappa shape index (κ3) is 2.46. The highest BCUT2D eigenvalue weighted by molar-refractivity contribution is 5.85. The molecule has 4 rings (SSSR count). The van der Waals surface area contributed by atoms with E-state index in [2.05, 4.69) is 47.1 Å². The zero-order valence-corrected chi connectivity index (χ0v) is 14.3. The Bertz CT molecular complexity index is 805. The number of benzene rings is 1. The first-order valence-corrected chi connectivity index (χ1v) is 8.76. The molecule has 1 aromatic heterocycles. The summed E-state index contributed by atoms with van der Waals surface area (Å²) in [6.45, 7) is 4.12. The lowest BCUT2D eigenvalue weighted by atomic mass is 9.80. The molecule has 126 valence electrons. The van der Waals surface area contributed by atoms with Gasteiger partial charge in [0.25, 0.3) is 0 Å². The van der Waals surface area contributed by atoms with Crippen molar-refractivity contribution in [3.8, 4) is 0 Å². The summed E-state index contributed by atoms with van der Waals surface area (Å²) < 4.78 is 4.91. The molecule has 2 aliphatic rings. The average Bonchev–Trinajstić information content (AvgIpc) is 3.00. The van der Waals surface area contributed by atoms with E-state index in [0.717, 1.165) is 25.9 Å². The summed E-state index contributed by atoms with van der Waals surface area (Å²) >= 11 is 0. The van der Waals surface area contributed by atoms with Crippen molar-refractivity contribution in [3.05, 3.63) is 47.2 Å². The first-order valence-electron chi connectivity index (χ1n) is 8.76. The molecule has 2 aromatic rings. The number of nitrogens with one attached hydrogen (secondary N) is 1. The number of aromatic nitrogens is 1. The van der Waals surface area contributed by atoms with Gasteiger partial charge in [-0.2, -0.15) is 0 Å². The van der Waals surface area contributed by atoms with Gasteiger partial charge in [-0.25, -0.2) is 0 Å². The smallest absolute Gasteiger partial charge is 0.306 e. The van der Waals surface area contributed by atoms with E-state index in [-0.39, 0.29) is 11.9 Å². The molecule has 0 radical (unpaired) electrons. The summed E-state index contributed by atoms with van der Waals surface area (Å²) in [6, 6.07) is 8.94. The standard InChI is InChI=1S/C20H24N2O2/c1-3-13-12-22-9-8-16-15-6-4-5-7-17(15)21-20(16)18(22)10-14(13)11-19(23)24-2/h3-7,14,18,21H,8-12H2,1-2H3/b13-3-/t14-,18+/m1/s1. The van der Waals surface area contributed by atoms with Crippen LogP contribution in [0.15, 0.2) is 35.9 Å². The molecular formula is C20H24N2O2. The first kappa shape index (κ1) is 15.5. The van der Waals surface area contributed by atoms with Crippen LogP contribution in [0.25, 0.3) is 10.9 Å². The van der Waals surface area contributed by atoms with E-state index in [1.54, 1.807) is 0 Å². The van der Waals surface area contributed by atoms with Crippen molar-refractivity contribution < 1.29 is 9.53 Å². The van der Waals surface area contributed by atoms with Gasteiger partial charge >= 0.3 is 5.97 Å². The van der Waals surface area contributed by atoms with Crippen molar-refractivity contribution in [1.82, 2.24) is 9.88 Å². The summed E-state index contributed by atoms with van der Waals surface area (Å²) in [5, 5.41) is 1.36. The Balaban J connectivity index is 1.69. The summed E-state index contributed by atoms with van der Waals surface area (Å²) in [7, 11) is 1.48. The van der Waals surface area contributed by atoms with Crippen LogP contribution >= 0.6 is 0 Å². The molecule has 2 aliphatic heterocycles. The van der Waals surface area contributed by atoms with Gasteiger partial charge in [0.05, 0.1) is 19.6 Å². The van der Waals surface area contributed by atoms with Crippen LogP contribution in [0.3, 0.4) is 0 Å². The van der Waals surface area contributed by atoms with E-state index >= 15 is 0 Å². The normalized spacial score (nSPS) is 25.5. The second-order valence-corrected chi connectivity index (χ2v) is 6.88. The molecule has 0 amide bonds. The SMILES string of the molecule is C/C=C1/CN2CCc3c([nH]c4ccccc34)[C@@H]2C[C@@H]1CC(=O)OC. The quantitative estimate of drug-likeness (QED) is 0.678. The van der Waals surface area contributed by atoms with Crippen LogP contribution in [0.5, 0.6) is 0 Å². The monoisotopic (exact) mass is 324 g/mol. The van der Waals surface area contributed by atoms with Crippen molar-refractivity contribution >= 4 is 16.9 Å². The molecule has 1 fully saturated rings. The molecular weight excluding hydrogens is 300 g/mol. The van der Waals surface area contributed by atoms with E-state index in [4.69, 9.17) is 4.74 Å². The lowest BCUT2D eigenvalue weighted by Crippen LogP contribution is -2.43. The van der Waals surface area contributed by atoms with Crippen molar-refractivity contribution in [2.45, 2.75) is 32.2 Å². The number of esters is 1. The molecule has 0 bridgehead atoms. The lowest BCUT2D eigenvalue weighted by molar-refractivity contribution is -0.141. The third-order valence-electron chi connectivity index (χ3n) is 5.70. The van der Waals surface area contributed by atoms with Crippen LogP contribution in [-0.2, 0) is 16.0 Å². The molecule has 2 atom stereocenters. The number of carbonyl (C=O) groups excluding carboxylic acids is 1. The van der Waals surface area contributed by atoms with Gasteiger partial charge in [0.1, 0.15) is 0 Å². The molecule has 4 nitrogen and oxygen atoms in total. The molecule has 0 saturated carbocycles. The number of piperidine rings is 1. The highest BCUT2D eigenvalue weighted by Gasteiger charge is 2.38. The molecule has 1 saturated heterocycles. The second kappa shape index (κ2) is 6.10. The van der Waals surface area contributed by atoms with E-state index in [1.807, 2.05) is 0 Å². The Morgan fingerprint density at radius 1 is 1.42 bits per heavy atom. The van der Waals surface area contributed by atoms with Crippen LogP contribution in [0, 0.1) is 5.92 Å². The molecule has 4 heteroatoms. The maximum Gasteiger partial charge on any atom is 0.306 e. The number of hydrogen-bond acceptors (Lipinski definition) is 3. The second-order valence-electron chi connectivity index (χ2n) is 6.88. The van der Waals surface area contributed by atoms with Crippen LogP contribution in [0.1, 0.15) is 37.1 Å². The summed E-state index contributed by atoms with van der Waals surface area (Å²) in [5.74, 6) is 0.168. The topological polar surface area (TPSA) is 45.3 Å². The van der Waals surface area contributed by atoms with Gasteiger partial charge in [0, 0.05) is 29.7 Å². The van der Waals surface area contributed by atoms with Crippen molar-refractivity contribution in [1.29, 1.82) is 0 Å². The van der Waals surface area contributed by atoms with Crippen molar-refractivity contribution in [3.63, 3.8) is 0 Å². The number of methoxy groups -OCH3 is 1. The van der Waals surface area contributed by atoms with Crippen LogP contribution in [0.4, 0.5) is 0 Å². The highest BCUT2D eigenvalue weighted by atomic mass is 16.5. The predicted octanol–water partition coefficient (Wildman–Crippen LogP) is 3.60. The number of allylic oxidation sites excluding steroid dienone is 1. The van der Waals surface area contributed by atoms with Gasteiger partial charge < -0.3 is 9.72 Å². The number of rotatable bonds is 2. The summed E-state index contributed by atoms with van der Waals surface area (Å²) in [5.41, 5.74) is 5.42. The molecule has 0 unspecified atom stereocenters. The van der Waals surface area contributed by atoms with E-state index in [0.29, 0.717) is 12.5 Å². The highest BCUT2D eigenvalue weighted by Crippen LogP contribution is 2.43. The molecule has 1 N–H and O–H groups in total. The van der Waals surface area contributed by atoms with E-state index in [1.165, 1.54) is 34.8 Å². The molecule has 1 aromatic carbocycles. The van der Waals surface area contributed by atoms with Gasteiger partial charge in [-0.1, -0.05) is 29.8 Å². The van der Waals surface area contributed by atoms with E-state index in [9.17, 15) is 4.79 Å². The number of para-hydroxylation sites is 1. The van der Waals surface area contributed by atoms with Crippen LogP contribution in [0.2, 0.25) is 0 Å². The molecule has 0 spiro atoms. The van der Waals surface area contributed by atoms with Gasteiger partial charge in [-0.15, -0.1) is 0 Å². The van der Waals surface area contributed by atoms with Gasteiger partial charge in [0.15, 0.2) is 0 Å². The molecule has 0 aliphatic carbocycles. The minimum Gasteiger partial charge on any atom is -0.469 e. The summed E-state index contributed by atoms with van der Waals surface area (Å²) in [4.78, 5) is 18.0. The maximum atomic E-state index is 11.8. The zero-order chi connectivity index (χ0) is 16.7. The number of nitrogens with zero attached hydrogens (tertiary/aromatic N) is 1. The fraction of sp³-hybridized carbons (Fsp3) is 0.450. The van der Waals surface area contributed by atoms with Crippen LogP contribution < -0.4 is 0 Å². The average molecular weight is 324 g/mol. The molecule has 3 heterocycles. The fourth-order valence-electron chi connectivity index (χ4n) is 4.44. The largest absolute Gasteiger partial charge is 0.469 e. The number of fused-ring (bicyclic) bond motifs is 5. The fourth-order valence-corrected chi connectivity index (χ4v) is 4.44. The Morgan fingerprint density at radius 2 is 2.25 bits per heavy atom. The minimum atomic E-state index is -0.111. The zero-order valence-electron chi connectivity index (χ0n) is 14.3. The van der Waals surface area contributed by atoms with Gasteiger partial charge in [-0.05, 0) is 37.3 Å².